The molecule has 1 saturated heterocycles. The summed E-state index contributed by atoms with van der Waals surface area (Å²) in [7, 11) is 0. The molecular formula is C16H19N3O. The van der Waals surface area contributed by atoms with Gasteiger partial charge in [0.1, 0.15) is 17.2 Å². The van der Waals surface area contributed by atoms with Crippen LogP contribution in [-0.4, -0.2) is 28.2 Å². The van der Waals surface area contributed by atoms with Gasteiger partial charge in [-0.25, -0.2) is 9.97 Å². The molecule has 3 rings (SSSR count). The van der Waals surface area contributed by atoms with E-state index in [4.69, 9.17) is 0 Å². The van der Waals surface area contributed by atoms with Crippen molar-refractivity contribution in [3.63, 3.8) is 0 Å². The maximum Gasteiger partial charge on any atom is 0.132 e. The summed E-state index contributed by atoms with van der Waals surface area (Å²) in [6.07, 6.45) is 2.49. The SMILES string of the molecule is Cc1ccc([C@@]2(O)CCN(c3ccnc(C)n3)C2)cc1. The molecule has 0 aliphatic carbocycles. The van der Waals surface area contributed by atoms with Gasteiger partial charge in [0.25, 0.3) is 0 Å². The van der Waals surface area contributed by atoms with Crippen LogP contribution in [0, 0.1) is 13.8 Å². The van der Waals surface area contributed by atoms with Crippen molar-refractivity contribution >= 4 is 5.82 Å². The fourth-order valence-electron chi connectivity index (χ4n) is 2.71. The lowest BCUT2D eigenvalue weighted by atomic mass is 9.92. The van der Waals surface area contributed by atoms with Gasteiger partial charge in [-0.3, -0.25) is 0 Å². The lowest BCUT2D eigenvalue weighted by Crippen LogP contribution is -2.31. The summed E-state index contributed by atoms with van der Waals surface area (Å²) in [6, 6.07) is 10.0. The minimum atomic E-state index is -0.785. The zero-order valence-electron chi connectivity index (χ0n) is 11.9. The van der Waals surface area contributed by atoms with Crippen LogP contribution in [0.3, 0.4) is 0 Å². The van der Waals surface area contributed by atoms with Crippen molar-refractivity contribution in [2.75, 3.05) is 18.0 Å². The smallest absolute Gasteiger partial charge is 0.132 e. The molecule has 1 aliphatic rings. The second-order valence-electron chi connectivity index (χ2n) is 5.53. The fourth-order valence-corrected chi connectivity index (χ4v) is 2.71. The largest absolute Gasteiger partial charge is 0.383 e. The predicted octanol–water partition coefficient (Wildman–Crippen LogP) is 2.19. The van der Waals surface area contributed by atoms with Crippen LogP contribution in [0.1, 0.15) is 23.4 Å². The van der Waals surface area contributed by atoms with Gasteiger partial charge in [-0.2, -0.15) is 0 Å². The van der Waals surface area contributed by atoms with Crippen LogP contribution in [0.5, 0.6) is 0 Å². The van der Waals surface area contributed by atoms with Crippen LogP contribution < -0.4 is 4.90 Å². The third-order valence-electron chi connectivity index (χ3n) is 3.92. The summed E-state index contributed by atoms with van der Waals surface area (Å²) < 4.78 is 0. The van der Waals surface area contributed by atoms with Crippen molar-refractivity contribution < 1.29 is 5.11 Å². The highest BCUT2D eigenvalue weighted by Gasteiger charge is 2.38. The first kappa shape index (κ1) is 13.1. The van der Waals surface area contributed by atoms with Crippen molar-refractivity contribution in [2.45, 2.75) is 25.9 Å². The van der Waals surface area contributed by atoms with E-state index >= 15 is 0 Å². The number of anilines is 1. The summed E-state index contributed by atoms with van der Waals surface area (Å²) >= 11 is 0. The molecule has 4 heteroatoms. The van der Waals surface area contributed by atoms with Gasteiger partial charge >= 0.3 is 0 Å². The zero-order valence-corrected chi connectivity index (χ0v) is 11.9. The number of rotatable bonds is 2. The lowest BCUT2D eigenvalue weighted by Gasteiger charge is -2.24. The van der Waals surface area contributed by atoms with E-state index in [9.17, 15) is 5.11 Å². The molecule has 1 N–H and O–H groups in total. The van der Waals surface area contributed by atoms with Gasteiger partial charge in [-0.1, -0.05) is 29.8 Å². The first-order valence-electron chi connectivity index (χ1n) is 6.91. The number of hydrogen-bond donors (Lipinski definition) is 1. The summed E-state index contributed by atoms with van der Waals surface area (Å²) in [5.41, 5.74) is 1.40. The molecule has 0 spiro atoms. The molecule has 4 nitrogen and oxygen atoms in total. The number of hydrogen-bond acceptors (Lipinski definition) is 4. The maximum atomic E-state index is 10.9. The fraction of sp³-hybridized carbons (Fsp3) is 0.375. The quantitative estimate of drug-likeness (QED) is 0.908. The molecule has 1 aliphatic heterocycles. The van der Waals surface area contributed by atoms with Crippen LogP contribution in [0.25, 0.3) is 0 Å². The first-order chi connectivity index (χ1) is 9.57. The van der Waals surface area contributed by atoms with Crippen LogP contribution in [0.4, 0.5) is 5.82 Å². The molecule has 0 radical (unpaired) electrons. The molecule has 104 valence electrons. The van der Waals surface area contributed by atoms with Crippen molar-refractivity contribution in [1.82, 2.24) is 9.97 Å². The van der Waals surface area contributed by atoms with Crippen LogP contribution >= 0.6 is 0 Å². The van der Waals surface area contributed by atoms with Gasteiger partial charge < -0.3 is 10.0 Å². The number of β-amino-alcohol motifs (C(OH)–C–C–N with tert-alkyl or cyclic N) is 1. The van der Waals surface area contributed by atoms with Gasteiger partial charge in [0, 0.05) is 12.7 Å². The van der Waals surface area contributed by atoms with E-state index in [0.29, 0.717) is 6.54 Å². The van der Waals surface area contributed by atoms with Crippen LogP contribution in [0.15, 0.2) is 36.5 Å². The molecule has 0 amide bonds. The second-order valence-corrected chi connectivity index (χ2v) is 5.53. The van der Waals surface area contributed by atoms with Crippen LogP contribution in [-0.2, 0) is 5.60 Å². The summed E-state index contributed by atoms with van der Waals surface area (Å²) in [5.74, 6) is 1.65. The minimum Gasteiger partial charge on any atom is -0.383 e. The molecule has 2 heterocycles. The lowest BCUT2D eigenvalue weighted by molar-refractivity contribution is 0.0606. The Labute approximate surface area is 119 Å². The normalized spacial score (nSPS) is 22.2. The van der Waals surface area contributed by atoms with Gasteiger partial charge in [0.15, 0.2) is 0 Å². The van der Waals surface area contributed by atoms with E-state index in [-0.39, 0.29) is 0 Å². The molecule has 20 heavy (non-hydrogen) atoms. The number of aromatic nitrogens is 2. The highest BCUT2D eigenvalue weighted by Crippen LogP contribution is 2.33. The average Bonchev–Trinajstić information content (AvgIpc) is 2.83. The third kappa shape index (κ3) is 2.39. The Bertz CT molecular complexity index is 611. The zero-order chi connectivity index (χ0) is 14.2. The summed E-state index contributed by atoms with van der Waals surface area (Å²) in [6.45, 7) is 5.32. The van der Waals surface area contributed by atoms with Crippen LogP contribution in [0.2, 0.25) is 0 Å². The van der Waals surface area contributed by atoms with E-state index in [1.807, 2.05) is 37.3 Å². The van der Waals surface area contributed by atoms with Gasteiger partial charge in [0.05, 0.1) is 6.54 Å². The first-order valence-corrected chi connectivity index (χ1v) is 6.91. The maximum absolute atomic E-state index is 10.9. The van der Waals surface area contributed by atoms with Crippen molar-refractivity contribution in [3.8, 4) is 0 Å². The van der Waals surface area contributed by atoms with E-state index in [2.05, 4.69) is 21.8 Å². The van der Waals surface area contributed by atoms with Gasteiger partial charge in [0.2, 0.25) is 0 Å². The molecule has 1 fully saturated rings. The molecule has 1 atom stereocenters. The Morgan fingerprint density at radius 3 is 2.60 bits per heavy atom. The molecular weight excluding hydrogens is 250 g/mol. The van der Waals surface area contributed by atoms with E-state index in [0.717, 1.165) is 30.2 Å². The number of aliphatic hydroxyl groups is 1. The number of benzene rings is 1. The Morgan fingerprint density at radius 2 is 1.90 bits per heavy atom. The highest BCUT2D eigenvalue weighted by atomic mass is 16.3. The highest BCUT2D eigenvalue weighted by molar-refractivity contribution is 5.42. The summed E-state index contributed by atoms with van der Waals surface area (Å²) in [4.78, 5) is 10.7. The molecule has 1 aromatic carbocycles. The van der Waals surface area contributed by atoms with E-state index < -0.39 is 5.60 Å². The van der Waals surface area contributed by atoms with Gasteiger partial charge in [-0.15, -0.1) is 0 Å². The predicted molar refractivity (Wildman–Crippen MR) is 78.7 cm³/mol. The Hall–Kier alpha value is -1.94. The molecule has 0 unspecified atom stereocenters. The molecule has 0 bridgehead atoms. The molecule has 2 aromatic rings. The molecule has 1 aromatic heterocycles. The third-order valence-corrected chi connectivity index (χ3v) is 3.92. The van der Waals surface area contributed by atoms with E-state index in [1.54, 1.807) is 6.20 Å². The number of nitrogens with zero attached hydrogens (tertiary/aromatic N) is 3. The Morgan fingerprint density at radius 1 is 1.15 bits per heavy atom. The van der Waals surface area contributed by atoms with Crippen molar-refractivity contribution in [1.29, 1.82) is 0 Å². The minimum absolute atomic E-state index is 0.576. The topological polar surface area (TPSA) is 49.2 Å². The Balaban J connectivity index is 1.83. The number of aryl methyl sites for hydroxylation is 2. The van der Waals surface area contributed by atoms with E-state index in [1.165, 1.54) is 5.56 Å². The second kappa shape index (κ2) is 4.87. The summed E-state index contributed by atoms with van der Waals surface area (Å²) in [5, 5.41) is 10.9. The molecule has 0 saturated carbocycles. The Kier molecular flexibility index (Phi) is 3.18. The standard InChI is InChI=1S/C16H19N3O/c1-12-3-5-14(6-4-12)16(20)8-10-19(11-16)15-7-9-17-13(2)18-15/h3-7,9,20H,8,10-11H2,1-2H3/t16-/m1/s1. The average molecular weight is 269 g/mol. The monoisotopic (exact) mass is 269 g/mol. The van der Waals surface area contributed by atoms with Crippen molar-refractivity contribution in [3.05, 3.63) is 53.5 Å². The van der Waals surface area contributed by atoms with Gasteiger partial charge in [-0.05, 0) is 31.9 Å². The van der Waals surface area contributed by atoms with Crippen molar-refractivity contribution in [2.24, 2.45) is 0 Å².